The van der Waals surface area contributed by atoms with E-state index in [0.29, 0.717) is 84.6 Å². The largest absolute Gasteiger partial charge is 0.480 e. The summed E-state index contributed by atoms with van der Waals surface area (Å²) in [6.45, 7) is 4.58. The van der Waals surface area contributed by atoms with Gasteiger partial charge >= 0.3 is 12.6 Å². The van der Waals surface area contributed by atoms with E-state index in [9.17, 15) is 28.3 Å². The van der Waals surface area contributed by atoms with E-state index >= 15 is 0 Å². The van der Waals surface area contributed by atoms with Crippen LogP contribution in [0.4, 0.5) is 13.2 Å². The molecule has 2 saturated heterocycles. The number of nitrogens with zero attached hydrogens (tertiary/aromatic N) is 5. The first-order valence-corrected chi connectivity index (χ1v) is 18.2. The number of rotatable bonds is 10. The number of carbonyl (C=O) groups is 1. The Kier molecular flexibility index (Phi) is 9.35. The molecule has 6 aromatic rings. The van der Waals surface area contributed by atoms with E-state index in [1.165, 1.54) is 6.07 Å². The molecule has 0 saturated carbocycles. The second kappa shape index (κ2) is 14.2. The molecule has 282 valence electrons. The number of aliphatic carboxylic acids is 1. The van der Waals surface area contributed by atoms with Gasteiger partial charge in [-0.05, 0) is 105 Å². The second-order valence-corrected chi connectivity index (χ2v) is 14.7. The van der Waals surface area contributed by atoms with Crippen LogP contribution in [0, 0.1) is 25.2 Å². The Morgan fingerprint density at radius 1 is 0.982 bits per heavy atom. The van der Waals surface area contributed by atoms with Crippen molar-refractivity contribution in [1.82, 2.24) is 19.8 Å². The highest BCUT2D eigenvalue weighted by Crippen LogP contribution is 2.39. The molecule has 4 heterocycles. The molecule has 0 radical (unpaired) electrons. The van der Waals surface area contributed by atoms with Crippen LogP contribution >= 0.6 is 0 Å². The lowest BCUT2D eigenvalue weighted by Gasteiger charge is -2.22. The topological polar surface area (TPSA) is 129 Å². The van der Waals surface area contributed by atoms with E-state index < -0.39 is 24.3 Å². The average Bonchev–Trinajstić information content (AvgIpc) is 3.94. The van der Waals surface area contributed by atoms with E-state index in [4.69, 9.17) is 23.5 Å². The number of oxazole rings is 2. The van der Waals surface area contributed by atoms with Crippen LogP contribution in [0.5, 0.6) is 5.75 Å². The molecular weight excluding hydrogens is 711 g/mol. The first-order valence-electron chi connectivity index (χ1n) is 18.2. The third-order valence-electron chi connectivity index (χ3n) is 10.8. The smallest absolute Gasteiger partial charge is 0.387 e. The van der Waals surface area contributed by atoms with Crippen LogP contribution in [-0.2, 0) is 17.9 Å². The molecule has 0 spiro atoms. The molecule has 8 rings (SSSR count). The van der Waals surface area contributed by atoms with Crippen LogP contribution in [0.2, 0.25) is 0 Å². The summed E-state index contributed by atoms with van der Waals surface area (Å²) in [6, 6.07) is 19.8. The molecule has 1 N–H and O–H groups in total. The van der Waals surface area contributed by atoms with Crippen molar-refractivity contribution >= 4 is 28.2 Å². The third-order valence-corrected chi connectivity index (χ3v) is 10.8. The van der Waals surface area contributed by atoms with Gasteiger partial charge in [-0.3, -0.25) is 14.6 Å². The molecule has 0 bridgehead atoms. The Bertz CT molecular complexity index is 2500. The maximum Gasteiger partial charge on any atom is 0.387 e. The van der Waals surface area contributed by atoms with Crippen molar-refractivity contribution in [2.24, 2.45) is 0 Å². The highest BCUT2D eigenvalue weighted by atomic mass is 19.3. The van der Waals surface area contributed by atoms with Gasteiger partial charge in [0.2, 0.25) is 11.8 Å². The number of aromatic nitrogens is 2. The SMILES string of the molecule is Cc1c(-c2nc3cc(CN4CCC[C@H]4C(=O)O)c(OC(F)F)cc3o2)cccc1-c1cccc(-c2nc3cc(CN4CCC(C)(F)C4)cc(C#N)c3o2)c1C. The fraction of sp³-hybridized carbons (Fsp3) is 0.333. The van der Waals surface area contributed by atoms with Gasteiger partial charge in [0.25, 0.3) is 0 Å². The van der Waals surface area contributed by atoms with Crippen molar-refractivity contribution < 1.29 is 36.6 Å². The van der Waals surface area contributed by atoms with Crippen LogP contribution in [-0.4, -0.2) is 68.8 Å². The van der Waals surface area contributed by atoms with E-state index in [1.54, 1.807) is 24.0 Å². The normalized spacial score (nSPS) is 19.2. The molecule has 2 aliphatic rings. The lowest BCUT2D eigenvalue weighted by atomic mass is 9.91. The van der Waals surface area contributed by atoms with Crippen LogP contribution < -0.4 is 4.74 Å². The number of nitriles is 1. The second-order valence-electron chi connectivity index (χ2n) is 14.7. The van der Waals surface area contributed by atoms with Gasteiger partial charge in [0.05, 0.1) is 5.56 Å². The molecule has 2 fully saturated rings. The lowest BCUT2D eigenvalue weighted by molar-refractivity contribution is -0.142. The minimum Gasteiger partial charge on any atom is -0.480 e. The Morgan fingerprint density at radius 2 is 1.65 bits per heavy atom. The average molecular weight is 750 g/mol. The van der Waals surface area contributed by atoms with Crippen LogP contribution in [0.3, 0.4) is 0 Å². The molecule has 2 atom stereocenters. The number of ether oxygens (including phenoxy) is 1. The van der Waals surface area contributed by atoms with Crippen molar-refractivity contribution in [3.63, 3.8) is 0 Å². The summed E-state index contributed by atoms with van der Waals surface area (Å²) in [5, 5.41) is 19.7. The van der Waals surface area contributed by atoms with E-state index in [-0.39, 0.29) is 23.8 Å². The van der Waals surface area contributed by atoms with E-state index in [0.717, 1.165) is 33.4 Å². The molecule has 2 aromatic heterocycles. The van der Waals surface area contributed by atoms with Gasteiger partial charge in [0.1, 0.15) is 34.6 Å². The van der Waals surface area contributed by atoms with Gasteiger partial charge in [0, 0.05) is 48.9 Å². The van der Waals surface area contributed by atoms with E-state index in [2.05, 4.69) is 6.07 Å². The molecule has 1 unspecified atom stereocenters. The number of halogens is 3. The minimum atomic E-state index is -3.08. The van der Waals surface area contributed by atoms with E-state index in [1.807, 2.05) is 61.2 Å². The minimum absolute atomic E-state index is 0.0904. The highest BCUT2D eigenvalue weighted by molar-refractivity contribution is 5.86. The van der Waals surface area contributed by atoms with Crippen molar-refractivity contribution in [3.8, 4) is 45.9 Å². The summed E-state index contributed by atoms with van der Waals surface area (Å²) in [5.41, 5.74) is 7.04. The van der Waals surface area contributed by atoms with Crippen molar-refractivity contribution in [2.45, 2.75) is 71.4 Å². The highest BCUT2D eigenvalue weighted by Gasteiger charge is 2.34. The fourth-order valence-corrected chi connectivity index (χ4v) is 8.06. The summed E-state index contributed by atoms with van der Waals surface area (Å²) >= 11 is 0. The Hall–Kier alpha value is -5.71. The number of carboxylic acid groups (broad SMARTS) is 1. The number of alkyl halides is 3. The molecule has 55 heavy (non-hydrogen) atoms. The van der Waals surface area contributed by atoms with Crippen molar-refractivity contribution in [2.75, 3.05) is 19.6 Å². The molecule has 10 nitrogen and oxygen atoms in total. The number of hydrogen-bond acceptors (Lipinski definition) is 9. The van der Waals surface area contributed by atoms with Gasteiger partial charge in [-0.25, -0.2) is 14.4 Å². The zero-order valence-corrected chi connectivity index (χ0v) is 30.5. The van der Waals surface area contributed by atoms with Gasteiger partial charge < -0.3 is 18.7 Å². The summed E-state index contributed by atoms with van der Waals surface area (Å²) < 4.78 is 58.8. The maximum atomic E-state index is 14.5. The monoisotopic (exact) mass is 749 g/mol. The summed E-state index contributed by atoms with van der Waals surface area (Å²) in [7, 11) is 0. The fourth-order valence-electron chi connectivity index (χ4n) is 8.06. The standard InChI is InChI=1S/C42H38F3N5O5/c1-23-28(7-4-9-30(23)38-47-32-17-27(21-50-13-6-11-34(50)40(51)52)35(54-41(43)44)18-36(32)53-38)29-8-5-10-31(24(29)2)39-48-33-16-25(15-26(19-46)37(33)55-39)20-49-14-12-42(3,45)22-49/h4-5,7-10,15-18,34,41H,6,11-14,20-22H2,1-3H3,(H,51,52)/t34-,42?/m0/s1. The number of hydrogen-bond donors (Lipinski definition) is 1. The Labute approximate surface area is 314 Å². The molecule has 13 heteroatoms. The van der Waals surface area contributed by atoms with Gasteiger partial charge in [0.15, 0.2) is 11.2 Å². The summed E-state index contributed by atoms with van der Waals surface area (Å²) in [5.74, 6) is -0.383. The first kappa shape index (κ1) is 36.3. The first-order chi connectivity index (χ1) is 26.4. The predicted molar refractivity (Wildman–Crippen MR) is 199 cm³/mol. The molecule has 2 aliphatic heterocycles. The van der Waals surface area contributed by atoms with Gasteiger partial charge in [-0.2, -0.15) is 14.0 Å². The molecule has 0 aliphatic carbocycles. The zero-order valence-electron chi connectivity index (χ0n) is 30.5. The number of benzene rings is 4. The summed E-state index contributed by atoms with van der Waals surface area (Å²) in [4.78, 5) is 25.1. The lowest BCUT2D eigenvalue weighted by Crippen LogP contribution is -2.35. The van der Waals surface area contributed by atoms with Crippen LogP contribution in [0.25, 0.3) is 56.2 Å². The molecule has 0 amide bonds. The van der Waals surface area contributed by atoms with Crippen molar-refractivity contribution in [1.29, 1.82) is 5.26 Å². The molecule has 4 aromatic carbocycles. The predicted octanol–water partition coefficient (Wildman–Crippen LogP) is 9.04. The number of fused-ring (bicyclic) bond motifs is 2. The Morgan fingerprint density at radius 3 is 2.29 bits per heavy atom. The van der Waals surface area contributed by atoms with Crippen molar-refractivity contribution in [3.05, 3.63) is 88.5 Å². The summed E-state index contributed by atoms with van der Waals surface area (Å²) in [6.07, 6.45) is 1.64. The quantitative estimate of drug-likeness (QED) is 0.145. The maximum absolute atomic E-state index is 14.5. The van der Waals surface area contributed by atoms with Crippen LogP contribution in [0.1, 0.15) is 54.0 Å². The zero-order chi connectivity index (χ0) is 38.6. The van der Waals surface area contributed by atoms with Crippen LogP contribution in [0.15, 0.2) is 69.5 Å². The van der Waals surface area contributed by atoms with Gasteiger partial charge in [-0.15, -0.1) is 0 Å². The third kappa shape index (κ3) is 7.03. The number of likely N-dealkylation sites (tertiary alicyclic amines) is 2. The van der Waals surface area contributed by atoms with Gasteiger partial charge in [-0.1, -0.05) is 24.3 Å². The Balaban J connectivity index is 1.12. The molecular formula is C42H38F3N5O5. The number of carboxylic acids is 1.